The van der Waals surface area contributed by atoms with Gasteiger partial charge in [-0.15, -0.1) is 0 Å². The second-order valence-corrected chi connectivity index (χ2v) is 4.51. The molecule has 0 saturated heterocycles. The van der Waals surface area contributed by atoms with Gasteiger partial charge in [-0.05, 0) is 29.3 Å². The van der Waals surface area contributed by atoms with Gasteiger partial charge in [-0.2, -0.15) is 0 Å². The molecule has 0 fully saturated rings. The third-order valence-electron chi connectivity index (χ3n) is 2.25. The third kappa shape index (κ3) is 4.30. The first-order valence-electron chi connectivity index (χ1n) is 5.63. The molecule has 0 aliphatic carbocycles. The third-order valence-corrected chi connectivity index (χ3v) is 2.66. The lowest BCUT2D eigenvalue weighted by Gasteiger charge is -2.20. The minimum Gasteiger partial charge on any atom is -0.368 e. The number of carbonyl (C=O) groups excluding carboxylic acids is 1. The molecule has 1 aromatic rings. The van der Waals surface area contributed by atoms with Crippen LogP contribution in [0.1, 0.15) is 26.1 Å². The molecule has 1 heterocycles. The molecule has 94 valence electrons. The Balaban J connectivity index is 2.97. The van der Waals surface area contributed by atoms with Gasteiger partial charge in [0.25, 0.3) is 0 Å². The number of nitrogens with zero attached hydrogens (tertiary/aromatic N) is 3. The average Bonchev–Trinajstić information content (AvgIpc) is 2.25. The highest BCUT2D eigenvalue weighted by atomic mass is 79.9. The molecule has 1 rings (SSSR count). The lowest BCUT2D eigenvalue weighted by atomic mass is 10.3. The number of carbonyl (C=O) groups is 1. The van der Waals surface area contributed by atoms with E-state index in [2.05, 4.69) is 32.8 Å². The minimum absolute atomic E-state index is 0.172. The van der Waals surface area contributed by atoms with Crippen LogP contribution in [-0.4, -0.2) is 29.0 Å². The Kier molecular flexibility index (Phi) is 5.34. The van der Waals surface area contributed by atoms with E-state index in [0.29, 0.717) is 6.54 Å². The zero-order valence-corrected chi connectivity index (χ0v) is 11.7. The minimum atomic E-state index is -0.362. The fourth-order valence-corrected chi connectivity index (χ4v) is 1.90. The number of primary amides is 1. The molecule has 17 heavy (non-hydrogen) atoms. The molecule has 0 bridgehead atoms. The summed E-state index contributed by atoms with van der Waals surface area (Å²) in [5.41, 5.74) is 5.21. The summed E-state index contributed by atoms with van der Waals surface area (Å²) in [4.78, 5) is 21.5. The highest BCUT2D eigenvalue weighted by Gasteiger charge is 2.11. The van der Waals surface area contributed by atoms with Crippen molar-refractivity contribution in [3.8, 4) is 0 Å². The Morgan fingerprint density at radius 1 is 1.47 bits per heavy atom. The molecule has 0 atom stereocenters. The fraction of sp³-hybridized carbons (Fsp3) is 0.545. The van der Waals surface area contributed by atoms with E-state index < -0.39 is 0 Å². The summed E-state index contributed by atoms with van der Waals surface area (Å²) < 4.78 is 0.730. The zero-order valence-electron chi connectivity index (χ0n) is 10.1. The molecule has 1 aromatic heterocycles. The van der Waals surface area contributed by atoms with Crippen molar-refractivity contribution in [1.82, 2.24) is 9.97 Å². The number of nitrogens with two attached hydrogens (primary N) is 1. The maximum absolute atomic E-state index is 11.0. The second-order valence-electron chi connectivity index (χ2n) is 3.70. The Bertz CT molecular complexity index is 397. The van der Waals surface area contributed by atoms with Crippen LogP contribution in [0.4, 0.5) is 5.82 Å². The summed E-state index contributed by atoms with van der Waals surface area (Å²) in [7, 11) is 0. The predicted molar refractivity (Wildman–Crippen MR) is 70.8 cm³/mol. The highest BCUT2D eigenvalue weighted by molar-refractivity contribution is 9.10. The van der Waals surface area contributed by atoms with Crippen molar-refractivity contribution >= 4 is 27.7 Å². The molecule has 0 aliphatic rings. The molecular weight excluding hydrogens is 284 g/mol. The van der Waals surface area contributed by atoms with Gasteiger partial charge in [0.05, 0.1) is 6.54 Å². The number of rotatable bonds is 6. The first-order valence-corrected chi connectivity index (χ1v) is 6.42. The zero-order chi connectivity index (χ0) is 12.8. The SMILES string of the molecule is CCCc1nc(Br)cc(N(CC)CC(N)=O)n1. The largest absolute Gasteiger partial charge is 0.368 e. The molecule has 6 heteroatoms. The van der Waals surface area contributed by atoms with Gasteiger partial charge in [0.1, 0.15) is 16.2 Å². The molecule has 0 radical (unpaired) electrons. The van der Waals surface area contributed by atoms with Crippen LogP contribution in [-0.2, 0) is 11.2 Å². The number of anilines is 1. The Hall–Kier alpha value is -1.17. The van der Waals surface area contributed by atoms with Crippen molar-refractivity contribution in [3.63, 3.8) is 0 Å². The quantitative estimate of drug-likeness (QED) is 0.808. The Labute approximate surface area is 110 Å². The van der Waals surface area contributed by atoms with Gasteiger partial charge in [0, 0.05) is 19.0 Å². The van der Waals surface area contributed by atoms with Gasteiger partial charge < -0.3 is 10.6 Å². The van der Waals surface area contributed by atoms with Gasteiger partial charge in [0.15, 0.2) is 0 Å². The van der Waals surface area contributed by atoms with Gasteiger partial charge in [-0.3, -0.25) is 4.79 Å². The second kappa shape index (κ2) is 6.54. The molecule has 1 amide bonds. The van der Waals surface area contributed by atoms with Crippen LogP contribution in [0.15, 0.2) is 10.7 Å². The van der Waals surface area contributed by atoms with E-state index in [4.69, 9.17) is 5.73 Å². The predicted octanol–water partition coefficient (Wildman–Crippen LogP) is 1.50. The summed E-state index contributed by atoms with van der Waals surface area (Å²) in [5, 5.41) is 0. The maximum Gasteiger partial charge on any atom is 0.236 e. The van der Waals surface area contributed by atoms with Crippen molar-refractivity contribution in [1.29, 1.82) is 0 Å². The summed E-state index contributed by atoms with van der Waals surface area (Å²) >= 11 is 3.35. The molecule has 0 unspecified atom stereocenters. The van der Waals surface area contributed by atoms with Crippen LogP contribution in [0.2, 0.25) is 0 Å². The molecule has 0 saturated carbocycles. The lowest BCUT2D eigenvalue weighted by Crippen LogP contribution is -2.34. The van der Waals surface area contributed by atoms with E-state index in [1.807, 2.05) is 11.8 Å². The molecule has 0 spiro atoms. The summed E-state index contributed by atoms with van der Waals surface area (Å²) in [6.07, 6.45) is 1.80. The number of halogens is 1. The summed E-state index contributed by atoms with van der Waals surface area (Å²) in [6, 6.07) is 1.80. The van der Waals surface area contributed by atoms with Gasteiger partial charge >= 0.3 is 0 Å². The summed E-state index contributed by atoms with van der Waals surface area (Å²) in [6.45, 7) is 4.88. The molecule has 0 aliphatic heterocycles. The standard InChI is InChI=1S/C11H17BrN4O/c1-3-5-10-14-8(12)6-11(15-10)16(4-2)7-9(13)17/h6H,3-5,7H2,1-2H3,(H2,13,17). The average molecular weight is 301 g/mol. The smallest absolute Gasteiger partial charge is 0.236 e. The first-order chi connectivity index (χ1) is 8.06. The van der Waals surface area contributed by atoms with Crippen LogP contribution in [0.5, 0.6) is 0 Å². The van der Waals surface area contributed by atoms with Crippen LogP contribution in [0, 0.1) is 0 Å². The topological polar surface area (TPSA) is 72.1 Å². The van der Waals surface area contributed by atoms with E-state index in [9.17, 15) is 4.79 Å². The Morgan fingerprint density at radius 3 is 2.71 bits per heavy atom. The van der Waals surface area contributed by atoms with Crippen molar-refractivity contribution in [2.45, 2.75) is 26.7 Å². The van der Waals surface area contributed by atoms with Crippen LogP contribution >= 0.6 is 15.9 Å². The lowest BCUT2D eigenvalue weighted by molar-refractivity contribution is -0.116. The molecule has 0 aromatic carbocycles. The molecule has 5 nitrogen and oxygen atoms in total. The number of hydrogen-bond donors (Lipinski definition) is 1. The van der Waals surface area contributed by atoms with E-state index in [-0.39, 0.29) is 12.5 Å². The maximum atomic E-state index is 11.0. The van der Waals surface area contributed by atoms with Crippen molar-refractivity contribution in [2.24, 2.45) is 5.73 Å². The van der Waals surface area contributed by atoms with Crippen molar-refractivity contribution in [2.75, 3.05) is 18.0 Å². The van der Waals surface area contributed by atoms with Gasteiger partial charge in [-0.25, -0.2) is 9.97 Å². The van der Waals surface area contributed by atoms with Crippen LogP contribution in [0.3, 0.4) is 0 Å². The highest BCUT2D eigenvalue weighted by Crippen LogP contribution is 2.17. The van der Waals surface area contributed by atoms with E-state index in [1.54, 1.807) is 6.07 Å². The van der Waals surface area contributed by atoms with E-state index in [0.717, 1.165) is 29.1 Å². The van der Waals surface area contributed by atoms with E-state index in [1.165, 1.54) is 0 Å². The molecule has 2 N–H and O–H groups in total. The number of likely N-dealkylation sites (N-methyl/N-ethyl adjacent to an activating group) is 1. The first kappa shape index (κ1) is 13.9. The van der Waals surface area contributed by atoms with Crippen LogP contribution < -0.4 is 10.6 Å². The fourth-order valence-electron chi connectivity index (χ4n) is 1.49. The Morgan fingerprint density at radius 2 is 2.18 bits per heavy atom. The number of aromatic nitrogens is 2. The number of amides is 1. The van der Waals surface area contributed by atoms with Crippen molar-refractivity contribution in [3.05, 3.63) is 16.5 Å². The monoisotopic (exact) mass is 300 g/mol. The summed E-state index contributed by atoms with van der Waals surface area (Å²) in [5.74, 6) is 1.15. The van der Waals surface area contributed by atoms with Crippen LogP contribution in [0.25, 0.3) is 0 Å². The van der Waals surface area contributed by atoms with Gasteiger partial charge in [0.2, 0.25) is 5.91 Å². The van der Waals surface area contributed by atoms with E-state index >= 15 is 0 Å². The number of hydrogen-bond acceptors (Lipinski definition) is 4. The normalized spacial score (nSPS) is 10.3. The van der Waals surface area contributed by atoms with Gasteiger partial charge in [-0.1, -0.05) is 6.92 Å². The van der Waals surface area contributed by atoms with Crippen molar-refractivity contribution < 1.29 is 4.79 Å². The molecular formula is C11H17BrN4O. The number of aryl methyl sites for hydroxylation is 1.